The Morgan fingerprint density at radius 3 is 2.17 bits per heavy atom. The molecule has 1 radical (unpaired) electrons. The van der Waals surface area contributed by atoms with Gasteiger partial charge in [0.05, 0.1) is 0 Å². The molecule has 12 heavy (non-hydrogen) atoms. The van der Waals surface area contributed by atoms with Crippen LogP contribution in [0, 0.1) is 6.92 Å². The fourth-order valence-electron chi connectivity index (χ4n) is 1.05. The van der Waals surface area contributed by atoms with Crippen LogP contribution in [-0.4, -0.2) is 14.1 Å². The zero-order valence-corrected chi connectivity index (χ0v) is 7.59. The topological polar surface area (TPSA) is 24.1 Å². The second-order valence-corrected chi connectivity index (χ2v) is 2.71. The smallest absolute Gasteiger partial charge is 0.0337 e. The molecule has 0 amide bonds. The lowest BCUT2D eigenvalue weighted by molar-refractivity contribution is 0.711. The quantitative estimate of drug-likeness (QED) is 0.710. The molecule has 0 spiro atoms. The normalized spacial score (nSPS) is 12.6. The molecule has 0 aliphatic carbocycles. The fourth-order valence-corrected chi connectivity index (χ4v) is 1.05. The Balaban J connectivity index is 2.77. The van der Waals surface area contributed by atoms with Crippen molar-refractivity contribution in [1.82, 2.24) is 5.32 Å². The molecule has 0 aliphatic rings. The summed E-state index contributed by atoms with van der Waals surface area (Å²) in [7, 11) is 3.82. The molecule has 0 bridgehead atoms. The number of anilines is 1. The summed E-state index contributed by atoms with van der Waals surface area (Å²) < 4.78 is 0. The van der Waals surface area contributed by atoms with Gasteiger partial charge in [0.15, 0.2) is 0 Å². The van der Waals surface area contributed by atoms with Crippen molar-refractivity contribution in [3.63, 3.8) is 0 Å². The Morgan fingerprint density at radius 2 is 1.75 bits per heavy atom. The van der Waals surface area contributed by atoms with Crippen molar-refractivity contribution >= 4 is 5.69 Å². The Hall–Kier alpha value is -1.02. The number of nitrogens with one attached hydrogen (secondary N) is 2. The van der Waals surface area contributed by atoms with Gasteiger partial charge in [-0.2, -0.15) is 0 Å². The molecule has 0 fully saturated rings. The van der Waals surface area contributed by atoms with Crippen LogP contribution in [0.1, 0.15) is 11.6 Å². The van der Waals surface area contributed by atoms with Crippen molar-refractivity contribution in [2.24, 2.45) is 0 Å². The molecule has 2 heteroatoms. The van der Waals surface area contributed by atoms with E-state index < -0.39 is 0 Å². The van der Waals surface area contributed by atoms with Gasteiger partial charge in [0.2, 0.25) is 0 Å². The molecule has 0 aliphatic heterocycles. The highest BCUT2D eigenvalue weighted by atomic mass is 14.9. The van der Waals surface area contributed by atoms with Gasteiger partial charge < -0.3 is 10.6 Å². The van der Waals surface area contributed by atoms with E-state index in [1.165, 1.54) is 5.56 Å². The first-order chi connectivity index (χ1) is 5.77. The van der Waals surface area contributed by atoms with E-state index in [4.69, 9.17) is 0 Å². The zero-order valence-electron chi connectivity index (χ0n) is 7.59. The van der Waals surface area contributed by atoms with E-state index in [1.54, 1.807) is 0 Å². The molecule has 0 saturated carbocycles. The van der Waals surface area contributed by atoms with Crippen LogP contribution in [0.3, 0.4) is 0 Å². The summed E-state index contributed by atoms with van der Waals surface area (Å²) in [5.41, 5.74) is 2.33. The van der Waals surface area contributed by atoms with Crippen LogP contribution >= 0.6 is 0 Å². The number of hydrogen-bond donors (Lipinski definition) is 2. The predicted octanol–water partition coefficient (Wildman–Crippen LogP) is 1.82. The second kappa shape index (κ2) is 4.12. The number of hydrogen-bond acceptors (Lipinski definition) is 2. The lowest BCUT2D eigenvalue weighted by atomic mass is 10.1. The summed E-state index contributed by atoms with van der Waals surface area (Å²) in [5.74, 6) is 0. The summed E-state index contributed by atoms with van der Waals surface area (Å²) in [4.78, 5) is 0. The minimum Gasteiger partial charge on any atom is -0.388 e. The first-order valence-corrected chi connectivity index (χ1v) is 4.06. The van der Waals surface area contributed by atoms with Crippen LogP contribution < -0.4 is 10.6 Å². The van der Waals surface area contributed by atoms with Crippen LogP contribution in [0.4, 0.5) is 5.69 Å². The van der Waals surface area contributed by atoms with Gasteiger partial charge in [-0.25, -0.2) is 0 Å². The van der Waals surface area contributed by atoms with Gasteiger partial charge in [0.25, 0.3) is 0 Å². The number of benzene rings is 1. The Labute approximate surface area is 74.0 Å². The monoisotopic (exact) mass is 163 g/mol. The van der Waals surface area contributed by atoms with Crippen LogP contribution in [0.2, 0.25) is 0 Å². The maximum Gasteiger partial charge on any atom is 0.0337 e. The van der Waals surface area contributed by atoms with E-state index in [-0.39, 0.29) is 6.04 Å². The standard InChI is InChI=1S/C10H15N2/c1-8(11-2)9-4-6-10(12-3)7-5-9/h4-8,11-12H,1H2,2-3H3. The molecule has 0 heterocycles. The van der Waals surface area contributed by atoms with E-state index in [2.05, 4.69) is 29.7 Å². The third-order valence-corrected chi connectivity index (χ3v) is 1.95. The molecule has 1 aromatic rings. The molecular weight excluding hydrogens is 148 g/mol. The molecule has 2 nitrogen and oxygen atoms in total. The molecule has 1 rings (SSSR count). The highest BCUT2D eigenvalue weighted by Gasteiger charge is 2.00. The van der Waals surface area contributed by atoms with E-state index in [0.717, 1.165) is 5.69 Å². The molecule has 1 unspecified atom stereocenters. The third kappa shape index (κ3) is 1.98. The van der Waals surface area contributed by atoms with Crippen molar-refractivity contribution in [1.29, 1.82) is 0 Å². The van der Waals surface area contributed by atoms with Gasteiger partial charge in [0, 0.05) is 18.8 Å². The fraction of sp³-hybridized carbons (Fsp3) is 0.300. The first kappa shape index (κ1) is 9.07. The first-order valence-electron chi connectivity index (χ1n) is 4.06. The Kier molecular flexibility index (Phi) is 3.11. The van der Waals surface area contributed by atoms with Gasteiger partial charge in [0.1, 0.15) is 0 Å². The van der Waals surface area contributed by atoms with Crippen LogP contribution in [-0.2, 0) is 0 Å². The van der Waals surface area contributed by atoms with Gasteiger partial charge in [-0.05, 0) is 31.7 Å². The van der Waals surface area contributed by atoms with Crippen LogP contribution in [0.25, 0.3) is 0 Å². The second-order valence-electron chi connectivity index (χ2n) is 2.71. The lowest BCUT2D eigenvalue weighted by Crippen LogP contribution is -2.12. The summed E-state index contributed by atoms with van der Waals surface area (Å²) in [6.07, 6.45) is 0. The SMILES string of the molecule is [CH2]C(NC)c1ccc(NC)cc1. The molecule has 0 aromatic heterocycles. The summed E-state index contributed by atoms with van der Waals surface area (Å²) in [5, 5.41) is 6.16. The van der Waals surface area contributed by atoms with Crippen molar-refractivity contribution in [2.75, 3.05) is 19.4 Å². The average molecular weight is 163 g/mol. The third-order valence-electron chi connectivity index (χ3n) is 1.95. The summed E-state index contributed by atoms with van der Waals surface area (Å²) >= 11 is 0. The average Bonchev–Trinajstić information content (AvgIpc) is 2.17. The minimum absolute atomic E-state index is 0.177. The van der Waals surface area contributed by atoms with Gasteiger partial charge in [-0.15, -0.1) is 0 Å². The molecular formula is C10H15N2. The molecule has 1 atom stereocenters. The summed E-state index contributed by atoms with van der Waals surface area (Å²) in [6, 6.07) is 8.41. The van der Waals surface area contributed by atoms with E-state index in [0.29, 0.717) is 0 Å². The van der Waals surface area contributed by atoms with Gasteiger partial charge in [-0.3, -0.25) is 0 Å². The van der Waals surface area contributed by atoms with Gasteiger partial charge >= 0.3 is 0 Å². The predicted molar refractivity (Wildman–Crippen MR) is 53.1 cm³/mol. The van der Waals surface area contributed by atoms with E-state index >= 15 is 0 Å². The summed E-state index contributed by atoms with van der Waals surface area (Å²) in [6.45, 7) is 3.95. The van der Waals surface area contributed by atoms with Crippen molar-refractivity contribution < 1.29 is 0 Å². The highest BCUT2D eigenvalue weighted by Crippen LogP contribution is 2.14. The van der Waals surface area contributed by atoms with Crippen LogP contribution in [0.5, 0.6) is 0 Å². The van der Waals surface area contributed by atoms with Crippen molar-refractivity contribution in [3.8, 4) is 0 Å². The molecule has 65 valence electrons. The van der Waals surface area contributed by atoms with Crippen molar-refractivity contribution in [3.05, 3.63) is 36.8 Å². The van der Waals surface area contributed by atoms with E-state index in [1.807, 2.05) is 26.2 Å². The largest absolute Gasteiger partial charge is 0.388 e. The van der Waals surface area contributed by atoms with Crippen molar-refractivity contribution in [2.45, 2.75) is 6.04 Å². The number of rotatable bonds is 3. The molecule has 2 N–H and O–H groups in total. The lowest BCUT2D eigenvalue weighted by Gasteiger charge is -2.10. The minimum atomic E-state index is 0.177. The highest BCUT2D eigenvalue weighted by molar-refractivity contribution is 5.44. The molecule has 1 aromatic carbocycles. The van der Waals surface area contributed by atoms with Gasteiger partial charge in [-0.1, -0.05) is 12.1 Å². The Bertz CT molecular complexity index is 228. The maximum absolute atomic E-state index is 3.95. The zero-order chi connectivity index (χ0) is 8.97. The Morgan fingerprint density at radius 1 is 1.17 bits per heavy atom. The molecule has 0 saturated heterocycles. The van der Waals surface area contributed by atoms with Crippen LogP contribution in [0.15, 0.2) is 24.3 Å². The van der Waals surface area contributed by atoms with E-state index in [9.17, 15) is 0 Å². The maximum atomic E-state index is 3.95.